The van der Waals surface area contributed by atoms with Crippen LogP contribution in [0.4, 0.5) is 11.6 Å². The van der Waals surface area contributed by atoms with Crippen molar-refractivity contribution in [2.75, 3.05) is 18.2 Å². The fraction of sp³-hybridized carbons (Fsp3) is 0.667. The molecule has 2 rings (SSSR count). The molecule has 1 aliphatic rings. The van der Waals surface area contributed by atoms with E-state index in [1.165, 1.54) is 0 Å². The first-order valence-electron chi connectivity index (χ1n) is 6.00. The van der Waals surface area contributed by atoms with Crippen LogP contribution in [-0.2, 0) is 4.74 Å². The fourth-order valence-electron chi connectivity index (χ4n) is 2.27. The van der Waals surface area contributed by atoms with Crippen molar-refractivity contribution < 1.29 is 4.74 Å². The molecule has 2 atom stereocenters. The molecule has 1 heterocycles. The average molecular weight is 236 g/mol. The van der Waals surface area contributed by atoms with Gasteiger partial charge in [-0.15, -0.1) is 0 Å². The number of rotatable bonds is 3. The predicted octanol–water partition coefficient (Wildman–Crippen LogP) is 1.66. The number of hydrogen-bond acceptors (Lipinski definition) is 5. The summed E-state index contributed by atoms with van der Waals surface area (Å²) in [5.41, 5.74) is 6.76. The highest BCUT2D eigenvalue weighted by atomic mass is 16.5. The van der Waals surface area contributed by atoms with Crippen molar-refractivity contribution in [1.82, 2.24) is 9.97 Å². The van der Waals surface area contributed by atoms with Gasteiger partial charge in [0.05, 0.1) is 6.10 Å². The van der Waals surface area contributed by atoms with Crippen molar-refractivity contribution in [2.24, 2.45) is 0 Å². The lowest BCUT2D eigenvalue weighted by Gasteiger charge is -2.16. The monoisotopic (exact) mass is 236 g/mol. The van der Waals surface area contributed by atoms with Crippen molar-refractivity contribution in [1.29, 1.82) is 0 Å². The Morgan fingerprint density at radius 3 is 2.71 bits per heavy atom. The lowest BCUT2D eigenvalue weighted by Crippen LogP contribution is -2.19. The van der Waals surface area contributed by atoms with E-state index in [4.69, 9.17) is 10.5 Å². The highest BCUT2D eigenvalue weighted by molar-refractivity contribution is 5.55. The SMILES string of the molecule is COC1CCC(Nc2nc(C)nc(N)c2C)C1. The van der Waals surface area contributed by atoms with Gasteiger partial charge < -0.3 is 15.8 Å². The van der Waals surface area contributed by atoms with Gasteiger partial charge in [0.25, 0.3) is 0 Å². The number of nitrogens with one attached hydrogen (secondary N) is 1. The summed E-state index contributed by atoms with van der Waals surface area (Å²) in [5.74, 6) is 2.12. The van der Waals surface area contributed by atoms with E-state index < -0.39 is 0 Å². The first-order chi connectivity index (χ1) is 8.10. The highest BCUT2D eigenvalue weighted by Gasteiger charge is 2.25. The van der Waals surface area contributed by atoms with Crippen LogP contribution < -0.4 is 11.1 Å². The summed E-state index contributed by atoms with van der Waals surface area (Å²) in [6.45, 7) is 3.80. The predicted molar refractivity (Wildman–Crippen MR) is 68.0 cm³/mol. The van der Waals surface area contributed by atoms with Gasteiger partial charge in [-0.25, -0.2) is 9.97 Å². The average Bonchev–Trinajstić information content (AvgIpc) is 2.73. The molecule has 17 heavy (non-hydrogen) atoms. The lowest BCUT2D eigenvalue weighted by atomic mass is 10.2. The highest BCUT2D eigenvalue weighted by Crippen LogP contribution is 2.26. The Bertz CT molecular complexity index is 408. The van der Waals surface area contributed by atoms with Crippen LogP contribution >= 0.6 is 0 Å². The molecule has 1 aliphatic carbocycles. The standard InChI is InChI=1S/C12H20N4O/c1-7-11(13)14-8(2)15-12(7)16-9-4-5-10(6-9)17-3/h9-10H,4-6H2,1-3H3,(H3,13,14,15,16). The third kappa shape index (κ3) is 2.66. The number of nitrogens with two attached hydrogens (primary N) is 1. The Morgan fingerprint density at radius 2 is 2.06 bits per heavy atom. The van der Waals surface area contributed by atoms with E-state index in [9.17, 15) is 0 Å². The lowest BCUT2D eigenvalue weighted by molar-refractivity contribution is 0.108. The Labute approximate surface area is 102 Å². The number of aromatic nitrogens is 2. The molecule has 0 aromatic carbocycles. The first-order valence-corrected chi connectivity index (χ1v) is 6.00. The van der Waals surface area contributed by atoms with Crippen LogP contribution in [0.3, 0.4) is 0 Å². The molecule has 0 amide bonds. The molecule has 3 N–H and O–H groups in total. The minimum atomic E-state index is 0.369. The Hall–Kier alpha value is -1.36. The number of methoxy groups -OCH3 is 1. The zero-order valence-electron chi connectivity index (χ0n) is 10.7. The number of anilines is 2. The maximum Gasteiger partial charge on any atom is 0.134 e. The van der Waals surface area contributed by atoms with Gasteiger partial charge in [-0.05, 0) is 33.1 Å². The van der Waals surface area contributed by atoms with Crippen LogP contribution in [0.2, 0.25) is 0 Å². The van der Waals surface area contributed by atoms with Gasteiger partial charge in [0.15, 0.2) is 0 Å². The topological polar surface area (TPSA) is 73.1 Å². The summed E-state index contributed by atoms with van der Waals surface area (Å²) in [4.78, 5) is 8.55. The second kappa shape index (κ2) is 4.87. The molecule has 0 bridgehead atoms. The summed E-state index contributed by atoms with van der Waals surface area (Å²) < 4.78 is 5.36. The van der Waals surface area contributed by atoms with E-state index in [0.717, 1.165) is 30.6 Å². The van der Waals surface area contributed by atoms with Crippen LogP contribution in [0.15, 0.2) is 0 Å². The zero-order valence-corrected chi connectivity index (χ0v) is 10.7. The van der Waals surface area contributed by atoms with E-state index >= 15 is 0 Å². The molecule has 1 saturated carbocycles. The Morgan fingerprint density at radius 1 is 1.29 bits per heavy atom. The zero-order chi connectivity index (χ0) is 12.4. The summed E-state index contributed by atoms with van der Waals surface area (Å²) in [7, 11) is 1.77. The van der Waals surface area contributed by atoms with Gasteiger partial charge >= 0.3 is 0 Å². The number of nitrogen functional groups attached to an aromatic ring is 1. The maximum absolute atomic E-state index is 5.83. The Balaban J connectivity index is 2.09. The molecular formula is C12H20N4O. The largest absolute Gasteiger partial charge is 0.383 e. The van der Waals surface area contributed by atoms with E-state index in [1.807, 2.05) is 13.8 Å². The van der Waals surface area contributed by atoms with Crippen LogP contribution in [0, 0.1) is 13.8 Å². The van der Waals surface area contributed by atoms with Crippen molar-refractivity contribution in [3.8, 4) is 0 Å². The van der Waals surface area contributed by atoms with Gasteiger partial charge in [0.1, 0.15) is 17.5 Å². The molecule has 1 aromatic rings. The van der Waals surface area contributed by atoms with Crippen LogP contribution in [-0.4, -0.2) is 29.2 Å². The molecular weight excluding hydrogens is 216 g/mol. The van der Waals surface area contributed by atoms with Gasteiger partial charge in [0.2, 0.25) is 0 Å². The van der Waals surface area contributed by atoms with E-state index in [2.05, 4.69) is 15.3 Å². The first kappa shape index (κ1) is 12.1. The summed E-state index contributed by atoms with van der Waals surface area (Å²) in [6.07, 6.45) is 3.61. The molecule has 0 saturated heterocycles. The van der Waals surface area contributed by atoms with E-state index in [-0.39, 0.29) is 0 Å². The van der Waals surface area contributed by atoms with Gasteiger partial charge in [0, 0.05) is 18.7 Å². The van der Waals surface area contributed by atoms with E-state index in [0.29, 0.717) is 23.8 Å². The number of ether oxygens (including phenoxy) is 1. The molecule has 0 aliphatic heterocycles. The number of nitrogens with zero attached hydrogens (tertiary/aromatic N) is 2. The molecule has 1 fully saturated rings. The van der Waals surface area contributed by atoms with Crippen molar-refractivity contribution in [3.05, 3.63) is 11.4 Å². The summed E-state index contributed by atoms with van der Waals surface area (Å²) in [6, 6.07) is 0.423. The molecule has 1 aromatic heterocycles. The smallest absolute Gasteiger partial charge is 0.134 e. The fourth-order valence-corrected chi connectivity index (χ4v) is 2.27. The maximum atomic E-state index is 5.83. The minimum Gasteiger partial charge on any atom is -0.383 e. The minimum absolute atomic E-state index is 0.369. The molecule has 0 spiro atoms. The summed E-state index contributed by atoms with van der Waals surface area (Å²) >= 11 is 0. The van der Waals surface area contributed by atoms with Gasteiger partial charge in [-0.3, -0.25) is 0 Å². The third-order valence-corrected chi connectivity index (χ3v) is 3.35. The third-order valence-electron chi connectivity index (χ3n) is 3.35. The van der Waals surface area contributed by atoms with Crippen molar-refractivity contribution in [3.63, 3.8) is 0 Å². The second-order valence-corrected chi connectivity index (χ2v) is 4.64. The molecule has 0 radical (unpaired) electrons. The van der Waals surface area contributed by atoms with Crippen molar-refractivity contribution in [2.45, 2.75) is 45.3 Å². The molecule has 5 nitrogen and oxygen atoms in total. The van der Waals surface area contributed by atoms with Gasteiger partial charge in [-0.2, -0.15) is 0 Å². The quantitative estimate of drug-likeness (QED) is 0.835. The van der Waals surface area contributed by atoms with Crippen LogP contribution in [0.5, 0.6) is 0 Å². The van der Waals surface area contributed by atoms with Crippen molar-refractivity contribution >= 4 is 11.6 Å². The number of aryl methyl sites for hydroxylation is 1. The number of hydrogen-bond donors (Lipinski definition) is 2. The normalized spacial score (nSPS) is 23.9. The van der Waals surface area contributed by atoms with Crippen LogP contribution in [0.25, 0.3) is 0 Å². The Kier molecular flexibility index (Phi) is 3.47. The van der Waals surface area contributed by atoms with E-state index in [1.54, 1.807) is 7.11 Å². The molecule has 2 unspecified atom stereocenters. The molecule has 5 heteroatoms. The van der Waals surface area contributed by atoms with Gasteiger partial charge in [-0.1, -0.05) is 0 Å². The molecule has 94 valence electrons. The van der Waals surface area contributed by atoms with Crippen LogP contribution in [0.1, 0.15) is 30.7 Å². The second-order valence-electron chi connectivity index (χ2n) is 4.64. The summed E-state index contributed by atoms with van der Waals surface area (Å²) in [5, 5.41) is 3.44.